The fourth-order valence-electron chi connectivity index (χ4n) is 0. The molecule has 80 valence electrons. The standard InChI is InChI=1S/2C2H5FO2S.Cr/c2*1-2(3)6(4)5;/h2*2H,1H3,(H,4,5);/q;;+2/p-2. The molecule has 0 rings (SSSR count). The summed E-state index contributed by atoms with van der Waals surface area (Å²) in [5.41, 5.74) is -3.46. The number of hydrogen-bond donors (Lipinski definition) is 0. The van der Waals surface area contributed by atoms with E-state index >= 15 is 0 Å². The molecule has 0 spiro atoms. The molecule has 0 aliphatic heterocycles. The van der Waals surface area contributed by atoms with Crippen LogP contribution >= 0.6 is 0 Å². The van der Waals surface area contributed by atoms with Gasteiger partial charge in [-0.05, 0) is 36.0 Å². The Balaban J connectivity index is -0.000000143. The number of hydrogen-bond acceptors (Lipinski definition) is 4. The van der Waals surface area contributed by atoms with Crippen molar-refractivity contribution in [3.8, 4) is 0 Å². The van der Waals surface area contributed by atoms with Crippen LogP contribution in [-0.2, 0) is 39.5 Å². The molecule has 9 heteroatoms. The monoisotopic (exact) mass is 274 g/mol. The molecule has 4 unspecified atom stereocenters. The first-order valence-electron chi connectivity index (χ1n) is 2.73. The van der Waals surface area contributed by atoms with Gasteiger partial charge in [0.1, 0.15) is 0 Å². The molecular formula is C4H8CrF2O4S2. The first-order chi connectivity index (χ1) is 5.29. The summed E-state index contributed by atoms with van der Waals surface area (Å²) in [6, 6.07) is 0. The second-order valence-electron chi connectivity index (χ2n) is 1.61. The zero-order valence-electron chi connectivity index (χ0n) is 6.77. The SMILES string of the molecule is CC(F)S(=O)[O-].CC(F)S(=O)[O-].[Cr+2]. The van der Waals surface area contributed by atoms with E-state index < -0.39 is 33.2 Å². The summed E-state index contributed by atoms with van der Waals surface area (Å²) < 4.78 is 59.7. The van der Waals surface area contributed by atoms with Crippen molar-refractivity contribution in [2.75, 3.05) is 0 Å². The van der Waals surface area contributed by atoms with E-state index in [0.29, 0.717) is 0 Å². The maximum absolute atomic E-state index is 11.2. The molecule has 0 aromatic heterocycles. The number of halogens is 2. The van der Waals surface area contributed by atoms with Gasteiger partial charge in [-0.1, -0.05) is 0 Å². The van der Waals surface area contributed by atoms with Crippen molar-refractivity contribution in [3.63, 3.8) is 0 Å². The molecule has 4 nitrogen and oxygen atoms in total. The Labute approximate surface area is 90.8 Å². The molecule has 0 amide bonds. The topological polar surface area (TPSA) is 80.3 Å². The zero-order chi connectivity index (χ0) is 10.3. The van der Waals surface area contributed by atoms with E-state index in [2.05, 4.69) is 0 Å². The van der Waals surface area contributed by atoms with E-state index in [1.54, 1.807) is 0 Å². The van der Waals surface area contributed by atoms with Gasteiger partial charge in [-0.3, -0.25) is 8.42 Å². The molecule has 0 aliphatic carbocycles. The summed E-state index contributed by atoms with van der Waals surface area (Å²) in [6.07, 6.45) is 0. The van der Waals surface area contributed by atoms with Gasteiger partial charge in [0, 0.05) is 0 Å². The van der Waals surface area contributed by atoms with Crippen LogP contribution in [0.4, 0.5) is 8.78 Å². The Morgan fingerprint density at radius 2 is 1.08 bits per heavy atom. The summed E-state index contributed by atoms with van der Waals surface area (Å²) in [5.74, 6) is 0. The van der Waals surface area contributed by atoms with Crippen LogP contribution in [0.5, 0.6) is 0 Å². The summed E-state index contributed by atoms with van der Waals surface area (Å²) >= 11 is -5.07. The number of rotatable bonds is 2. The zero-order valence-corrected chi connectivity index (χ0v) is 9.68. The quantitative estimate of drug-likeness (QED) is 0.681. The van der Waals surface area contributed by atoms with Gasteiger partial charge in [0.05, 0.1) is 0 Å². The Morgan fingerprint density at radius 1 is 1.00 bits per heavy atom. The molecule has 0 saturated carbocycles. The van der Waals surface area contributed by atoms with Gasteiger partial charge >= 0.3 is 17.4 Å². The van der Waals surface area contributed by atoms with Crippen LogP contribution in [0.15, 0.2) is 0 Å². The summed E-state index contributed by atoms with van der Waals surface area (Å²) in [5, 5.41) is 0. The molecule has 0 N–H and O–H groups in total. The van der Waals surface area contributed by atoms with Gasteiger partial charge in [0.25, 0.3) is 0 Å². The molecule has 0 aromatic rings. The van der Waals surface area contributed by atoms with Crippen LogP contribution in [0.1, 0.15) is 13.8 Å². The van der Waals surface area contributed by atoms with Crippen LogP contribution in [-0.4, -0.2) is 28.5 Å². The molecule has 0 fully saturated rings. The average molecular weight is 274 g/mol. The molecule has 0 aliphatic rings. The minimum Gasteiger partial charge on any atom is -0.770 e. The number of alkyl halides is 2. The molecule has 0 saturated heterocycles. The van der Waals surface area contributed by atoms with Crippen molar-refractivity contribution < 1.29 is 43.7 Å². The third kappa shape index (κ3) is 19.2. The summed E-state index contributed by atoms with van der Waals surface area (Å²) in [6.45, 7) is 1.92. The van der Waals surface area contributed by atoms with Crippen LogP contribution in [0.3, 0.4) is 0 Å². The molecule has 0 bridgehead atoms. The van der Waals surface area contributed by atoms with Gasteiger partial charge in [-0.15, -0.1) is 0 Å². The minimum absolute atomic E-state index is 0. The third-order valence-electron chi connectivity index (χ3n) is 0.530. The van der Waals surface area contributed by atoms with E-state index in [9.17, 15) is 26.3 Å². The van der Waals surface area contributed by atoms with Crippen molar-refractivity contribution >= 4 is 22.2 Å². The van der Waals surface area contributed by atoms with E-state index in [1.807, 2.05) is 0 Å². The third-order valence-corrected chi connectivity index (χ3v) is 1.59. The Hall–Kier alpha value is 0.612. The normalized spacial score (nSPS) is 18.3. The molecule has 0 aromatic carbocycles. The maximum atomic E-state index is 11.2. The van der Waals surface area contributed by atoms with Crippen molar-refractivity contribution in [2.24, 2.45) is 0 Å². The van der Waals surface area contributed by atoms with Crippen molar-refractivity contribution in [1.29, 1.82) is 0 Å². The van der Waals surface area contributed by atoms with Crippen molar-refractivity contribution in [3.05, 3.63) is 0 Å². The molecule has 0 heterocycles. The van der Waals surface area contributed by atoms with Crippen molar-refractivity contribution in [2.45, 2.75) is 24.9 Å². The molecule has 13 heavy (non-hydrogen) atoms. The molecule has 0 radical (unpaired) electrons. The van der Waals surface area contributed by atoms with Crippen LogP contribution < -0.4 is 0 Å². The van der Waals surface area contributed by atoms with Gasteiger partial charge < -0.3 is 9.11 Å². The summed E-state index contributed by atoms with van der Waals surface area (Å²) in [4.78, 5) is 0. The van der Waals surface area contributed by atoms with Gasteiger partial charge in [0.2, 0.25) is 0 Å². The van der Waals surface area contributed by atoms with E-state index in [4.69, 9.17) is 0 Å². The van der Waals surface area contributed by atoms with Gasteiger partial charge in [-0.2, -0.15) is 0 Å². The molecular weight excluding hydrogens is 266 g/mol. The predicted molar refractivity (Wildman–Crippen MR) is 39.0 cm³/mol. The predicted octanol–water partition coefficient (Wildman–Crippen LogP) is 0.360. The first kappa shape index (κ1) is 19.2. The van der Waals surface area contributed by atoms with Crippen LogP contribution in [0.2, 0.25) is 0 Å². The fraction of sp³-hybridized carbons (Fsp3) is 1.00. The summed E-state index contributed by atoms with van der Waals surface area (Å²) in [7, 11) is 0. The second-order valence-corrected chi connectivity index (χ2v) is 3.95. The van der Waals surface area contributed by atoms with Crippen LogP contribution in [0.25, 0.3) is 0 Å². The minimum atomic E-state index is -2.53. The Kier molecular flexibility index (Phi) is 15.8. The van der Waals surface area contributed by atoms with Gasteiger partial charge in [0.15, 0.2) is 11.0 Å². The maximum Gasteiger partial charge on any atom is 2.00 e. The Bertz CT molecular complexity index is 148. The fourth-order valence-corrected chi connectivity index (χ4v) is 0. The first-order valence-corrected chi connectivity index (χ1v) is 5.01. The van der Waals surface area contributed by atoms with E-state index in [0.717, 1.165) is 13.8 Å². The smallest absolute Gasteiger partial charge is 0.770 e. The van der Waals surface area contributed by atoms with Crippen molar-refractivity contribution in [1.82, 2.24) is 0 Å². The Morgan fingerprint density at radius 3 is 1.08 bits per heavy atom. The van der Waals surface area contributed by atoms with Gasteiger partial charge in [-0.25, -0.2) is 8.78 Å². The van der Waals surface area contributed by atoms with E-state index in [1.165, 1.54) is 0 Å². The van der Waals surface area contributed by atoms with E-state index in [-0.39, 0.29) is 17.4 Å². The largest absolute Gasteiger partial charge is 2.00 e. The van der Waals surface area contributed by atoms with Crippen LogP contribution in [0, 0.1) is 0 Å². The molecule has 4 atom stereocenters. The average Bonchev–Trinajstić information content (AvgIpc) is 1.88. The second kappa shape index (κ2) is 10.7.